The van der Waals surface area contributed by atoms with E-state index >= 15 is 0 Å². The van der Waals surface area contributed by atoms with Gasteiger partial charge in [-0.25, -0.2) is 18.2 Å². The van der Waals surface area contributed by atoms with Crippen LogP contribution in [0.4, 0.5) is 13.2 Å². The first-order valence-corrected chi connectivity index (χ1v) is 8.94. The van der Waals surface area contributed by atoms with Gasteiger partial charge in [0.15, 0.2) is 17.3 Å². The van der Waals surface area contributed by atoms with Gasteiger partial charge in [-0.15, -0.1) is 4.63 Å². The average Bonchev–Trinajstić information content (AvgIpc) is 3.23. The van der Waals surface area contributed by atoms with E-state index < -0.39 is 29.6 Å². The zero-order valence-corrected chi connectivity index (χ0v) is 14.7. The Labute approximate surface area is 157 Å². The molecule has 2 aliphatic heterocycles. The van der Waals surface area contributed by atoms with Crippen LogP contribution in [0.3, 0.4) is 0 Å². The molecule has 10 heteroatoms. The second kappa shape index (κ2) is 6.50. The number of hydrogen-bond acceptors (Lipinski definition) is 6. The van der Waals surface area contributed by atoms with Crippen LogP contribution in [0.15, 0.2) is 24.5 Å². The lowest BCUT2D eigenvalue weighted by Crippen LogP contribution is -2.47. The summed E-state index contributed by atoms with van der Waals surface area (Å²) < 4.78 is 48.1. The lowest BCUT2D eigenvalue weighted by Gasteiger charge is -2.38. The number of nitrogens with zero attached hydrogens (tertiary/aromatic N) is 5. The molecular formula is C18H17F3N6O. The van der Waals surface area contributed by atoms with Gasteiger partial charge in [0.05, 0.1) is 18.5 Å². The van der Waals surface area contributed by atoms with E-state index in [1.54, 1.807) is 12.4 Å². The van der Waals surface area contributed by atoms with E-state index in [0.717, 1.165) is 23.0 Å². The minimum atomic E-state index is -1.23. The predicted molar refractivity (Wildman–Crippen MR) is 91.4 cm³/mol. The molecule has 7 nitrogen and oxygen atoms in total. The van der Waals surface area contributed by atoms with Crippen LogP contribution in [0.1, 0.15) is 29.3 Å². The Balaban J connectivity index is 1.32. The number of rotatable bonds is 2. The third kappa shape index (κ3) is 2.76. The SMILES string of the molecule is N[C@H]1C[C@@H](N2Cc3nn4nccnc4c3C2)COC1c1cc(F)c(F)cc1F. The summed E-state index contributed by atoms with van der Waals surface area (Å²) in [5, 5.41) is 8.60. The highest BCUT2D eigenvalue weighted by Crippen LogP contribution is 2.34. The maximum absolute atomic E-state index is 14.1. The molecule has 1 saturated heterocycles. The highest BCUT2D eigenvalue weighted by molar-refractivity contribution is 5.50. The topological polar surface area (TPSA) is 81.6 Å². The molecule has 3 atom stereocenters. The summed E-state index contributed by atoms with van der Waals surface area (Å²) in [6.07, 6.45) is 2.92. The number of hydrogen-bond donors (Lipinski definition) is 1. The van der Waals surface area contributed by atoms with E-state index in [2.05, 4.69) is 20.1 Å². The third-order valence-electron chi connectivity index (χ3n) is 5.44. The quantitative estimate of drug-likeness (QED) is 0.671. The molecule has 0 spiro atoms. The van der Waals surface area contributed by atoms with Crippen LogP contribution in [0.5, 0.6) is 0 Å². The molecular weight excluding hydrogens is 373 g/mol. The molecule has 0 amide bonds. The minimum absolute atomic E-state index is 0.00512. The lowest BCUT2D eigenvalue weighted by molar-refractivity contribution is -0.0533. The Kier molecular flexibility index (Phi) is 4.07. The number of fused-ring (bicyclic) bond motifs is 3. The smallest absolute Gasteiger partial charge is 0.180 e. The summed E-state index contributed by atoms with van der Waals surface area (Å²) in [4.78, 5) is 6.52. The molecule has 0 bridgehead atoms. The third-order valence-corrected chi connectivity index (χ3v) is 5.44. The highest BCUT2D eigenvalue weighted by Gasteiger charge is 2.38. The number of aromatic nitrogens is 4. The van der Waals surface area contributed by atoms with E-state index in [-0.39, 0.29) is 11.6 Å². The Hall–Kier alpha value is -2.56. The van der Waals surface area contributed by atoms with Crippen molar-refractivity contribution in [2.45, 2.75) is 37.7 Å². The number of nitrogens with two attached hydrogens (primary N) is 1. The molecule has 146 valence electrons. The summed E-state index contributed by atoms with van der Waals surface area (Å²) in [5.41, 5.74) is 8.83. The van der Waals surface area contributed by atoms with Gasteiger partial charge in [-0.05, 0) is 12.5 Å². The van der Waals surface area contributed by atoms with Gasteiger partial charge in [-0.3, -0.25) is 4.90 Å². The van der Waals surface area contributed by atoms with E-state index in [9.17, 15) is 13.2 Å². The van der Waals surface area contributed by atoms with Crippen molar-refractivity contribution in [1.29, 1.82) is 0 Å². The predicted octanol–water partition coefficient (Wildman–Crippen LogP) is 1.71. The fourth-order valence-corrected chi connectivity index (χ4v) is 4.05. The van der Waals surface area contributed by atoms with Gasteiger partial charge < -0.3 is 10.5 Å². The second-order valence-corrected chi connectivity index (χ2v) is 7.18. The molecule has 2 aromatic heterocycles. The Morgan fingerprint density at radius 3 is 2.71 bits per heavy atom. The summed E-state index contributed by atoms with van der Waals surface area (Å²) >= 11 is 0. The summed E-state index contributed by atoms with van der Waals surface area (Å²) in [5.74, 6) is -3.20. The Morgan fingerprint density at radius 2 is 1.89 bits per heavy atom. The maximum Gasteiger partial charge on any atom is 0.180 e. The van der Waals surface area contributed by atoms with Crippen molar-refractivity contribution in [2.24, 2.45) is 5.73 Å². The summed E-state index contributed by atoms with van der Waals surface area (Å²) in [7, 11) is 0. The molecule has 0 aliphatic carbocycles. The fourth-order valence-electron chi connectivity index (χ4n) is 4.05. The first-order valence-electron chi connectivity index (χ1n) is 8.94. The van der Waals surface area contributed by atoms with Crippen LogP contribution in [0.25, 0.3) is 5.65 Å². The van der Waals surface area contributed by atoms with Crippen LogP contribution >= 0.6 is 0 Å². The zero-order valence-electron chi connectivity index (χ0n) is 14.7. The van der Waals surface area contributed by atoms with E-state index in [1.165, 1.54) is 4.63 Å². The van der Waals surface area contributed by atoms with Crippen molar-refractivity contribution in [3.05, 3.63) is 58.8 Å². The molecule has 2 aliphatic rings. The largest absolute Gasteiger partial charge is 0.370 e. The minimum Gasteiger partial charge on any atom is -0.370 e. The van der Waals surface area contributed by atoms with Gasteiger partial charge in [-0.2, -0.15) is 10.2 Å². The monoisotopic (exact) mass is 390 g/mol. The summed E-state index contributed by atoms with van der Waals surface area (Å²) in [6.45, 7) is 1.56. The molecule has 28 heavy (non-hydrogen) atoms. The van der Waals surface area contributed by atoms with Gasteiger partial charge in [0.1, 0.15) is 11.9 Å². The van der Waals surface area contributed by atoms with Crippen molar-refractivity contribution >= 4 is 5.65 Å². The van der Waals surface area contributed by atoms with E-state index in [0.29, 0.717) is 32.2 Å². The van der Waals surface area contributed by atoms with Crippen LogP contribution in [-0.4, -0.2) is 43.4 Å². The van der Waals surface area contributed by atoms with Crippen LogP contribution in [-0.2, 0) is 17.8 Å². The number of ether oxygens (including phenoxy) is 1. The molecule has 4 heterocycles. The van der Waals surface area contributed by atoms with Crippen molar-refractivity contribution in [1.82, 2.24) is 24.7 Å². The molecule has 1 unspecified atom stereocenters. The Morgan fingerprint density at radius 1 is 1.07 bits per heavy atom. The fraction of sp³-hybridized carbons (Fsp3) is 0.389. The standard InChI is InChI=1S/C18H17F3N6O/c19-12-5-14(21)13(20)4-10(12)17-15(22)3-9(8-28-17)26-6-11-16(7-26)25-27-18(11)23-1-2-24-27/h1-2,4-5,9,15,17H,3,6-8,22H2/t9-,15+,17?/m1/s1. The first-order chi connectivity index (χ1) is 13.5. The maximum atomic E-state index is 14.1. The van der Waals surface area contributed by atoms with Crippen molar-refractivity contribution in [2.75, 3.05) is 6.61 Å². The molecule has 2 N–H and O–H groups in total. The van der Waals surface area contributed by atoms with Gasteiger partial charge in [-0.1, -0.05) is 0 Å². The molecule has 1 fully saturated rings. The Bertz CT molecular complexity index is 1060. The van der Waals surface area contributed by atoms with Crippen molar-refractivity contribution in [3.63, 3.8) is 0 Å². The van der Waals surface area contributed by atoms with Crippen molar-refractivity contribution in [3.8, 4) is 0 Å². The van der Waals surface area contributed by atoms with E-state index in [1.807, 2.05) is 0 Å². The van der Waals surface area contributed by atoms with Gasteiger partial charge >= 0.3 is 0 Å². The molecule has 0 radical (unpaired) electrons. The molecule has 3 aromatic rings. The van der Waals surface area contributed by atoms with Gasteiger partial charge in [0.2, 0.25) is 0 Å². The number of benzene rings is 1. The molecule has 5 rings (SSSR count). The van der Waals surface area contributed by atoms with Gasteiger partial charge in [0.25, 0.3) is 0 Å². The average molecular weight is 390 g/mol. The van der Waals surface area contributed by atoms with Crippen LogP contribution < -0.4 is 5.73 Å². The van der Waals surface area contributed by atoms with Crippen molar-refractivity contribution < 1.29 is 17.9 Å². The lowest BCUT2D eigenvalue weighted by atomic mass is 9.93. The second-order valence-electron chi connectivity index (χ2n) is 7.18. The molecule has 0 saturated carbocycles. The van der Waals surface area contributed by atoms with E-state index in [4.69, 9.17) is 10.5 Å². The molecule has 1 aromatic carbocycles. The van der Waals surface area contributed by atoms with Crippen LogP contribution in [0.2, 0.25) is 0 Å². The summed E-state index contributed by atoms with van der Waals surface area (Å²) in [6, 6.07) is 0.810. The zero-order chi connectivity index (χ0) is 19.4. The normalized spacial score (nSPS) is 25.4. The highest BCUT2D eigenvalue weighted by atomic mass is 19.2. The number of halogens is 3. The van der Waals surface area contributed by atoms with Crippen LogP contribution in [0, 0.1) is 17.5 Å². The van der Waals surface area contributed by atoms with Gasteiger partial charge in [0, 0.05) is 48.6 Å². The first kappa shape index (κ1) is 17.5.